The minimum absolute atomic E-state index is 0.438. The predicted octanol–water partition coefficient (Wildman–Crippen LogP) is 4.60. The Hall–Kier alpha value is -3.30. The van der Waals surface area contributed by atoms with Gasteiger partial charge in [-0.05, 0) is 69.6 Å². The molecule has 198 valence electrons. The molecule has 1 amide bonds. The average molecular weight is 503 g/mol. The van der Waals surface area contributed by atoms with E-state index >= 15 is 0 Å². The highest BCUT2D eigenvalue weighted by molar-refractivity contribution is 5.81. The number of aromatic nitrogens is 2. The molecule has 2 atom stereocenters. The zero-order valence-electron chi connectivity index (χ0n) is 21.8. The van der Waals surface area contributed by atoms with Crippen LogP contribution in [0.2, 0.25) is 0 Å². The first-order valence-electron chi connectivity index (χ1n) is 12.6. The van der Waals surface area contributed by atoms with Crippen LogP contribution in [0.1, 0.15) is 71.3 Å². The van der Waals surface area contributed by atoms with E-state index in [2.05, 4.69) is 27.3 Å². The van der Waals surface area contributed by atoms with Gasteiger partial charge in [0.15, 0.2) is 11.9 Å². The van der Waals surface area contributed by atoms with E-state index < -0.39 is 23.7 Å². The molecule has 2 aromatic rings. The third-order valence-electron chi connectivity index (χ3n) is 6.35. The molecule has 1 aliphatic heterocycles. The van der Waals surface area contributed by atoms with E-state index in [0.29, 0.717) is 35.8 Å². The lowest BCUT2D eigenvalue weighted by Crippen LogP contribution is -2.38. The highest BCUT2D eigenvalue weighted by atomic mass is 16.6. The maximum absolute atomic E-state index is 12.0. The molecule has 1 saturated heterocycles. The molecule has 0 saturated carbocycles. The topological polar surface area (TPSA) is 127 Å². The zero-order valence-corrected chi connectivity index (χ0v) is 21.8. The maximum atomic E-state index is 12.0. The first kappa shape index (κ1) is 27.3. The number of aryl methyl sites for hydroxylation is 1. The van der Waals surface area contributed by atoms with Crippen molar-refractivity contribution in [3.63, 3.8) is 0 Å². The number of benzene rings is 1. The first-order chi connectivity index (χ1) is 17.1. The van der Waals surface area contributed by atoms with E-state index in [1.54, 1.807) is 45.0 Å². The number of hydrogen-bond donors (Lipinski definition) is 2. The molecule has 0 aliphatic carbocycles. The van der Waals surface area contributed by atoms with Gasteiger partial charge in [-0.1, -0.05) is 31.1 Å². The summed E-state index contributed by atoms with van der Waals surface area (Å²) in [6.07, 6.45) is 3.05. The van der Waals surface area contributed by atoms with Gasteiger partial charge >= 0.3 is 18.1 Å². The molecule has 36 heavy (non-hydrogen) atoms. The molecule has 2 N–H and O–H groups in total. The highest BCUT2D eigenvalue weighted by Crippen LogP contribution is 2.29. The average Bonchev–Trinajstić information content (AvgIpc) is 3.31. The van der Waals surface area contributed by atoms with Gasteiger partial charge in [0.25, 0.3) is 0 Å². The third-order valence-corrected chi connectivity index (χ3v) is 6.35. The number of amides is 1. The van der Waals surface area contributed by atoms with Gasteiger partial charge in [0.1, 0.15) is 11.4 Å². The van der Waals surface area contributed by atoms with Gasteiger partial charge in [0.2, 0.25) is 0 Å². The van der Waals surface area contributed by atoms with E-state index in [9.17, 15) is 14.7 Å². The molecule has 1 aromatic heterocycles. The number of piperidine rings is 1. The number of carboxylic acids is 1. The van der Waals surface area contributed by atoms with Gasteiger partial charge in [-0.2, -0.15) is 4.98 Å². The number of nitrogens with one attached hydrogen (secondary N) is 1. The SMILES string of the molecule is CCc1noc(N2CCC(C(C)CCOc3ccc([C@H](NC(=O)OC(C)(C)C)C(=O)O)cc3)CC2)n1. The van der Waals surface area contributed by atoms with Crippen LogP contribution >= 0.6 is 0 Å². The van der Waals surface area contributed by atoms with Gasteiger partial charge < -0.3 is 29.3 Å². The molecule has 2 heterocycles. The maximum Gasteiger partial charge on any atom is 0.408 e. The number of aliphatic carboxylic acids is 1. The Kier molecular flexibility index (Phi) is 9.17. The second-order valence-electron chi connectivity index (χ2n) is 10.3. The van der Waals surface area contributed by atoms with Crippen molar-refractivity contribution in [2.45, 2.75) is 71.9 Å². The lowest BCUT2D eigenvalue weighted by atomic mass is 9.84. The number of ether oxygens (including phenoxy) is 2. The molecule has 1 unspecified atom stereocenters. The fourth-order valence-corrected chi connectivity index (χ4v) is 4.24. The lowest BCUT2D eigenvalue weighted by molar-refractivity contribution is -0.139. The summed E-state index contributed by atoms with van der Waals surface area (Å²) < 4.78 is 16.4. The summed E-state index contributed by atoms with van der Waals surface area (Å²) in [6.45, 7) is 11.8. The number of nitrogens with zero attached hydrogens (tertiary/aromatic N) is 3. The van der Waals surface area contributed by atoms with Crippen molar-refractivity contribution >= 4 is 18.1 Å². The fourth-order valence-electron chi connectivity index (χ4n) is 4.24. The summed E-state index contributed by atoms with van der Waals surface area (Å²) >= 11 is 0. The summed E-state index contributed by atoms with van der Waals surface area (Å²) in [6, 6.07) is 6.15. The summed E-state index contributed by atoms with van der Waals surface area (Å²) in [5, 5.41) is 15.9. The lowest BCUT2D eigenvalue weighted by Gasteiger charge is -2.33. The molecule has 1 aromatic carbocycles. The van der Waals surface area contributed by atoms with Crippen molar-refractivity contribution in [3.8, 4) is 5.75 Å². The zero-order chi connectivity index (χ0) is 26.3. The number of carboxylic acid groups (broad SMARTS) is 1. The summed E-state index contributed by atoms with van der Waals surface area (Å²) in [7, 11) is 0. The molecule has 1 fully saturated rings. The van der Waals surface area contributed by atoms with E-state index in [4.69, 9.17) is 14.0 Å². The molecule has 3 rings (SSSR count). The van der Waals surface area contributed by atoms with Gasteiger partial charge in [0, 0.05) is 19.5 Å². The quantitative estimate of drug-likeness (QED) is 0.479. The Bertz CT molecular complexity index is 993. The molecular weight excluding hydrogens is 464 g/mol. The van der Waals surface area contributed by atoms with Crippen molar-refractivity contribution in [2.24, 2.45) is 11.8 Å². The van der Waals surface area contributed by atoms with Crippen molar-refractivity contribution in [1.29, 1.82) is 0 Å². The Morgan fingerprint density at radius 3 is 2.44 bits per heavy atom. The number of alkyl carbamates (subject to hydrolysis) is 1. The van der Waals surface area contributed by atoms with E-state index in [1.165, 1.54) is 0 Å². The standard InChI is InChI=1S/C26H38N4O6/c1-6-21-27-24(36-29-21)30-14-11-18(12-15-30)17(2)13-16-34-20-9-7-19(8-10-20)22(23(31)32)28-25(33)35-26(3,4)5/h7-10,17-18,22H,6,11-16H2,1-5H3,(H,28,33)(H,31,32)/t17?,22-/m0/s1. The first-order valence-corrected chi connectivity index (χ1v) is 12.6. The van der Waals surface area contributed by atoms with Crippen LogP contribution in [-0.2, 0) is 16.0 Å². The van der Waals surface area contributed by atoms with E-state index in [0.717, 1.165) is 44.6 Å². The third kappa shape index (κ3) is 7.86. The van der Waals surface area contributed by atoms with Gasteiger partial charge in [-0.15, -0.1) is 0 Å². The Morgan fingerprint density at radius 1 is 1.22 bits per heavy atom. The number of hydrogen-bond acceptors (Lipinski definition) is 8. The normalized spacial score (nSPS) is 16.3. The van der Waals surface area contributed by atoms with Crippen molar-refractivity contribution < 1.29 is 28.7 Å². The minimum atomic E-state index is -1.21. The van der Waals surface area contributed by atoms with E-state index in [1.807, 2.05) is 6.92 Å². The van der Waals surface area contributed by atoms with Gasteiger partial charge in [0.05, 0.1) is 6.61 Å². The molecular formula is C26H38N4O6. The van der Waals surface area contributed by atoms with Crippen LogP contribution in [0.25, 0.3) is 0 Å². The Morgan fingerprint density at radius 2 is 1.89 bits per heavy atom. The summed E-state index contributed by atoms with van der Waals surface area (Å²) in [4.78, 5) is 30.3. The highest BCUT2D eigenvalue weighted by Gasteiger charge is 2.27. The van der Waals surface area contributed by atoms with Crippen LogP contribution in [-0.4, -0.2) is 52.6 Å². The van der Waals surface area contributed by atoms with Crippen molar-refractivity contribution in [1.82, 2.24) is 15.5 Å². The van der Waals surface area contributed by atoms with Crippen LogP contribution < -0.4 is 15.0 Å². The second-order valence-corrected chi connectivity index (χ2v) is 10.3. The fraction of sp³-hybridized carbons (Fsp3) is 0.615. The van der Waals surface area contributed by atoms with Crippen LogP contribution in [0.4, 0.5) is 10.8 Å². The van der Waals surface area contributed by atoms with Crippen LogP contribution in [0.15, 0.2) is 28.8 Å². The Labute approximate surface area is 212 Å². The van der Waals surface area contributed by atoms with Crippen LogP contribution in [0.5, 0.6) is 5.75 Å². The molecule has 0 radical (unpaired) electrons. The van der Waals surface area contributed by atoms with Crippen molar-refractivity contribution in [2.75, 3.05) is 24.6 Å². The number of carbonyl (C=O) groups is 2. The number of anilines is 1. The smallest absolute Gasteiger partial charge is 0.408 e. The largest absolute Gasteiger partial charge is 0.494 e. The molecule has 0 spiro atoms. The number of rotatable bonds is 10. The molecule has 10 nitrogen and oxygen atoms in total. The van der Waals surface area contributed by atoms with Crippen LogP contribution in [0.3, 0.4) is 0 Å². The van der Waals surface area contributed by atoms with Gasteiger partial charge in [-0.25, -0.2) is 9.59 Å². The summed E-state index contributed by atoms with van der Waals surface area (Å²) in [5.74, 6) is 1.35. The minimum Gasteiger partial charge on any atom is -0.494 e. The molecule has 0 bridgehead atoms. The predicted molar refractivity (Wildman–Crippen MR) is 134 cm³/mol. The second kappa shape index (κ2) is 12.1. The van der Waals surface area contributed by atoms with Crippen molar-refractivity contribution in [3.05, 3.63) is 35.7 Å². The monoisotopic (exact) mass is 502 g/mol. The van der Waals surface area contributed by atoms with Gasteiger partial charge in [-0.3, -0.25) is 0 Å². The molecule has 10 heteroatoms. The van der Waals surface area contributed by atoms with E-state index in [-0.39, 0.29) is 0 Å². The van der Waals surface area contributed by atoms with Crippen LogP contribution in [0, 0.1) is 11.8 Å². The summed E-state index contributed by atoms with van der Waals surface area (Å²) in [5.41, 5.74) is -0.278. The Balaban J connectivity index is 1.43. The number of carbonyl (C=O) groups excluding carboxylic acids is 1. The molecule has 1 aliphatic rings.